The average Bonchev–Trinajstić information content (AvgIpc) is 2.96. The minimum Gasteiger partial charge on any atom is -1.00 e. The summed E-state index contributed by atoms with van der Waals surface area (Å²) in [5.41, 5.74) is 3.05. The van der Waals surface area contributed by atoms with Gasteiger partial charge < -0.3 is 24.8 Å². The van der Waals surface area contributed by atoms with Crippen LogP contribution in [-0.2, 0) is 22.9 Å². The average molecular weight is 516 g/mol. The van der Waals surface area contributed by atoms with E-state index in [0.717, 1.165) is 3.67 Å². The van der Waals surface area contributed by atoms with Gasteiger partial charge in [0.05, 0.1) is 0 Å². The third-order valence-electron chi connectivity index (χ3n) is 3.94. The van der Waals surface area contributed by atoms with Gasteiger partial charge in [0, 0.05) is 0 Å². The molecule has 2 aliphatic rings. The molecular weight excluding hydrogens is 494 g/mol. The number of rotatable bonds is 4. The Balaban J connectivity index is 0.00000121. The van der Waals surface area contributed by atoms with Crippen molar-refractivity contribution in [1.29, 1.82) is 0 Å². The Bertz CT molecular complexity index is 587. The second-order valence-electron chi connectivity index (χ2n) is 7.11. The smallest absolute Gasteiger partial charge is 1.00 e. The van der Waals surface area contributed by atoms with E-state index in [2.05, 4.69) is 80.4 Å². The molecule has 0 bridgehead atoms. The summed E-state index contributed by atoms with van der Waals surface area (Å²) in [6.45, 7) is 7.53. The van der Waals surface area contributed by atoms with E-state index in [9.17, 15) is 0 Å². The van der Waals surface area contributed by atoms with E-state index in [1.807, 2.05) is 0 Å². The fourth-order valence-corrected chi connectivity index (χ4v) is 17.9. The Morgan fingerprint density at radius 2 is 1.68 bits per heavy atom. The first-order chi connectivity index (χ1) is 9.48. The molecule has 0 aliphatic heterocycles. The standard InChI is InChI=1S/C9H15Si.C9H7.2ClH.Hf/c1-10(2,3)8-9-6-4-5-7-9;1-2-5-9-7-3-6-8(9)4-1;;;/h4-7H,8H2,1-3H3;1-7H;2*1H;/q;;;;+2/p-2. The van der Waals surface area contributed by atoms with Gasteiger partial charge in [-0.15, -0.1) is 0 Å². The summed E-state index contributed by atoms with van der Waals surface area (Å²) in [4.78, 5) is 0. The number of allylic oxidation sites excluding steroid dienone is 5. The molecule has 4 heteroatoms. The summed E-state index contributed by atoms with van der Waals surface area (Å²) >= 11 is -0.848. The second-order valence-corrected chi connectivity index (χ2v) is 19.2. The quantitative estimate of drug-likeness (QED) is 0.473. The van der Waals surface area contributed by atoms with Crippen molar-refractivity contribution < 1.29 is 47.7 Å². The van der Waals surface area contributed by atoms with Crippen molar-refractivity contribution in [3.63, 3.8) is 0 Å². The van der Waals surface area contributed by atoms with Crippen LogP contribution in [0.5, 0.6) is 0 Å². The maximum absolute atomic E-state index is 2.53. The molecule has 0 radical (unpaired) electrons. The predicted molar refractivity (Wildman–Crippen MR) is 87.3 cm³/mol. The van der Waals surface area contributed by atoms with E-state index < -0.39 is 31.0 Å². The molecule has 0 spiro atoms. The van der Waals surface area contributed by atoms with Crippen molar-refractivity contribution in [1.82, 2.24) is 0 Å². The normalized spacial score (nSPS) is 20.0. The van der Waals surface area contributed by atoms with Gasteiger partial charge in [0.2, 0.25) is 0 Å². The zero-order valence-electron chi connectivity index (χ0n) is 13.3. The molecule has 0 nitrogen and oxygen atoms in total. The second kappa shape index (κ2) is 7.79. The Morgan fingerprint density at radius 1 is 1.05 bits per heavy atom. The van der Waals surface area contributed by atoms with Gasteiger partial charge in [0.25, 0.3) is 0 Å². The van der Waals surface area contributed by atoms with Gasteiger partial charge >= 0.3 is 135 Å². The van der Waals surface area contributed by atoms with Gasteiger partial charge in [-0.1, -0.05) is 0 Å². The number of hydrogen-bond acceptors (Lipinski definition) is 0. The Labute approximate surface area is 159 Å². The Kier molecular flexibility index (Phi) is 7.13. The molecule has 2 aliphatic carbocycles. The largest absolute Gasteiger partial charge is 1.00 e. The van der Waals surface area contributed by atoms with E-state index in [0.29, 0.717) is 3.17 Å². The molecule has 0 aromatic heterocycles. The predicted octanol–water partition coefficient (Wildman–Crippen LogP) is -0.532. The van der Waals surface area contributed by atoms with Crippen molar-refractivity contribution >= 4 is 14.1 Å². The summed E-state index contributed by atoms with van der Waals surface area (Å²) in [5, 5.41) is 0. The van der Waals surface area contributed by atoms with E-state index >= 15 is 0 Å². The number of halogens is 2. The summed E-state index contributed by atoms with van der Waals surface area (Å²) in [5.74, 6) is 0. The molecule has 0 amide bonds. The molecule has 1 atom stereocenters. The van der Waals surface area contributed by atoms with Gasteiger partial charge in [0.15, 0.2) is 0 Å². The molecule has 0 N–H and O–H groups in total. The molecule has 116 valence electrons. The van der Waals surface area contributed by atoms with E-state index in [4.69, 9.17) is 0 Å². The molecule has 0 saturated heterocycles. The Morgan fingerprint density at radius 3 is 2.32 bits per heavy atom. The first kappa shape index (κ1) is 20.2. The van der Waals surface area contributed by atoms with E-state index in [1.54, 1.807) is 5.56 Å². The zero-order valence-corrected chi connectivity index (χ0v) is 19.4. The van der Waals surface area contributed by atoms with E-state index in [-0.39, 0.29) is 24.8 Å². The van der Waals surface area contributed by atoms with Crippen LogP contribution in [0.1, 0.15) is 14.8 Å². The van der Waals surface area contributed by atoms with Crippen molar-refractivity contribution in [2.75, 3.05) is 0 Å². The maximum atomic E-state index is 2.53. The molecule has 0 saturated carbocycles. The van der Waals surface area contributed by atoms with Crippen LogP contribution >= 0.6 is 0 Å². The van der Waals surface area contributed by atoms with Crippen LogP contribution in [-0.4, -0.2) is 8.07 Å². The van der Waals surface area contributed by atoms with Crippen LogP contribution in [0.4, 0.5) is 0 Å². The van der Waals surface area contributed by atoms with Crippen LogP contribution in [0, 0.1) is 0 Å². The summed E-state index contributed by atoms with van der Waals surface area (Å²) in [6, 6.07) is 10.4. The molecular formula is C18H22Cl2HfSi. The number of hydrogen-bond donors (Lipinski definition) is 0. The topological polar surface area (TPSA) is 0 Å². The minimum absolute atomic E-state index is 0. The van der Waals surface area contributed by atoms with Crippen LogP contribution in [0.15, 0.2) is 54.6 Å². The van der Waals surface area contributed by atoms with Crippen molar-refractivity contribution in [3.05, 3.63) is 65.8 Å². The number of benzene rings is 1. The zero-order chi connectivity index (χ0) is 14.2. The molecule has 0 heterocycles. The van der Waals surface area contributed by atoms with Gasteiger partial charge in [-0.05, 0) is 0 Å². The van der Waals surface area contributed by atoms with E-state index in [1.165, 1.54) is 11.6 Å². The van der Waals surface area contributed by atoms with Gasteiger partial charge in [0.1, 0.15) is 0 Å². The van der Waals surface area contributed by atoms with Crippen molar-refractivity contribution in [3.8, 4) is 0 Å². The van der Waals surface area contributed by atoms with Gasteiger partial charge in [-0.3, -0.25) is 0 Å². The fourth-order valence-electron chi connectivity index (χ4n) is 3.32. The summed E-state index contributed by atoms with van der Waals surface area (Å²) in [7, 11) is -1.04. The molecule has 1 aromatic carbocycles. The summed E-state index contributed by atoms with van der Waals surface area (Å²) in [6.07, 6.45) is 14.5. The van der Waals surface area contributed by atoms with Gasteiger partial charge in [-0.25, -0.2) is 0 Å². The third-order valence-corrected chi connectivity index (χ3v) is 13.6. The van der Waals surface area contributed by atoms with Gasteiger partial charge in [-0.2, -0.15) is 0 Å². The van der Waals surface area contributed by atoms with Crippen molar-refractivity contribution in [2.24, 2.45) is 0 Å². The van der Waals surface area contributed by atoms with Crippen LogP contribution in [0.25, 0.3) is 6.08 Å². The maximum Gasteiger partial charge on any atom is -1.00 e. The summed E-state index contributed by atoms with van der Waals surface area (Å²) < 4.78 is 1.26. The molecule has 3 rings (SSSR count). The molecule has 1 aromatic rings. The van der Waals surface area contributed by atoms with Crippen LogP contribution in [0.3, 0.4) is 0 Å². The minimum atomic E-state index is -1.04. The monoisotopic (exact) mass is 516 g/mol. The third kappa shape index (κ3) is 4.56. The number of fused-ring (bicyclic) bond motifs is 1. The SMILES string of the molecule is C[Si](C)(C)C[C]1([Hf+2][CH]2C=Cc3ccccc32)C=CC=C1.[Cl-].[Cl-]. The molecule has 0 fully saturated rings. The van der Waals surface area contributed by atoms with Crippen molar-refractivity contribution in [2.45, 2.75) is 32.5 Å². The van der Waals surface area contributed by atoms with Crippen LogP contribution < -0.4 is 24.8 Å². The Hall–Kier alpha value is 0.107. The fraction of sp³-hybridized carbons (Fsp3) is 0.333. The first-order valence-corrected chi connectivity index (χ1v) is 15.0. The molecule has 1 unspecified atom stereocenters. The first-order valence-electron chi connectivity index (χ1n) is 7.39. The molecule has 22 heavy (non-hydrogen) atoms. The van der Waals surface area contributed by atoms with Crippen LogP contribution in [0.2, 0.25) is 28.9 Å².